The fourth-order valence-electron chi connectivity index (χ4n) is 2.64. The lowest BCUT2D eigenvalue weighted by Crippen LogP contribution is -2.35. The van der Waals surface area contributed by atoms with E-state index in [0.29, 0.717) is 12.4 Å². The Hall–Kier alpha value is -2.02. The first-order valence-electron chi connectivity index (χ1n) is 7.14. The molecule has 7 heteroatoms. The van der Waals surface area contributed by atoms with E-state index >= 15 is 0 Å². The Kier molecular flexibility index (Phi) is 4.33. The average Bonchev–Trinajstić information content (AvgIpc) is 2.94. The van der Waals surface area contributed by atoms with Crippen LogP contribution in [0, 0.1) is 0 Å². The number of H-pyrrole nitrogens is 1. The van der Waals surface area contributed by atoms with Crippen molar-refractivity contribution < 1.29 is 4.74 Å². The number of halogens is 1. The third-order valence-electron chi connectivity index (χ3n) is 3.67. The Morgan fingerprint density at radius 3 is 2.91 bits per heavy atom. The lowest BCUT2D eigenvalue weighted by molar-refractivity contribution is 0.288. The van der Waals surface area contributed by atoms with Crippen LogP contribution in [0.3, 0.4) is 0 Å². The summed E-state index contributed by atoms with van der Waals surface area (Å²) >= 11 is 3.40. The molecule has 0 bridgehead atoms. The molecule has 22 heavy (non-hydrogen) atoms. The molecule has 6 nitrogen and oxygen atoms in total. The van der Waals surface area contributed by atoms with Crippen molar-refractivity contribution >= 4 is 27.7 Å². The molecule has 1 fully saturated rings. The molecule has 116 valence electrons. The predicted octanol–water partition coefficient (Wildman–Crippen LogP) is 2.16. The number of nitrogen functional groups attached to an aromatic ring is 1. The fourth-order valence-corrected chi connectivity index (χ4v) is 2.91. The van der Waals surface area contributed by atoms with E-state index in [9.17, 15) is 4.79 Å². The molecule has 1 aliphatic heterocycles. The monoisotopic (exact) mass is 364 g/mol. The highest BCUT2D eigenvalue weighted by Crippen LogP contribution is 2.24. The molecule has 1 aromatic heterocycles. The number of hydrogen-bond donors (Lipinski definition) is 2. The van der Waals surface area contributed by atoms with E-state index in [1.54, 1.807) is 0 Å². The molecular formula is C15H17BrN4O2. The largest absolute Gasteiger partial charge is 0.491 e. The van der Waals surface area contributed by atoms with Gasteiger partial charge in [0.25, 0.3) is 5.56 Å². The zero-order chi connectivity index (χ0) is 15.5. The minimum Gasteiger partial charge on any atom is -0.491 e. The zero-order valence-corrected chi connectivity index (χ0v) is 13.5. The normalized spacial score (nSPS) is 17.7. The minimum absolute atomic E-state index is 0.141. The maximum Gasteiger partial charge on any atom is 0.254 e. The second kappa shape index (κ2) is 6.39. The van der Waals surface area contributed by atoms with Gasteiger partial charge in [0, 0.05) is 17.1 Å². The molecule has 1 saturated heterocycles. The summed E-state index contributed by atoms with van der Waals surface area (Å²) < 4.78 is 6.87. The standard InChI is InChI=1S/C15H17BrN4O2/c16-10-3-5-12(6-4-10)22-9-11-2-1-7-20(11)13-8-14(21)19-15(17)18-13/h3-6,8,11H,1-2,7,9H2,(H3,17,18,19,21)/t11-/m0/s1. The summed E-state index contributed by atoms with van der Waals surface area (Å²) in [5.74, 6) is 1.58. The van der Waals surface area contributed by atoms with E-state index in [1.165, 1.54) is 6.07 Å². The molecule has 1 aromatic carbocycles. The number of aromatic nitrogens is 2. The van der Waals surface area contributed by atoms with Gasteiger partial charge in [-0.25, -0.2) is 0 Å². The van der Waals surface area contributed by atoms with Crippen LogP contribution in [0.1, 0.15) is 12.8 Å². The van der Waals surface area contributed by atoms with Crippen molar-refractivity contribution in [3.8, 4) is 5.75 Å². The highest BCUT2D eigenvalue weighted by Gasteiger charge is 2.26. The number of rotatable bonds is 4. The highest BCUT2D eigenvalue weighted by atomic mass is 79.9. The van der Waals surface area contributed by atoms with Gasteiger partial charge in [0.1, 0.15) is 18.2 Å². The maximum absolute atomic E-state index is 11.5. The van der Waals surface area contributed by atoms with Crippen molar-refractivity contribution in [2.24, 2.45) is 0 Å². The molecule has 2 aromatic rings. The van der Waals surface area contributed by atoms with Gasteiger partial charge >= 0.3 is 0 Å². The highest BCUT2D eigenvalue weighted by molar-refractivity contribution is 9.10. The van der Waals surface area contributed by atoms with Crippen LogP contribution < -0.4 is 20.9 Å². The number of nitrogens with zero attached hydrogens (tertiary/aromatic N) is 2. The average molecular weight is 365 g/mol. The van der Waals surface area contributed by atoms with Crippen LogP contribution in [0.4, 0.5) is 11.8 Å². The second-order valence-corrected chi connectivity index (χ2v) is 6.16. The van der Waals surface area contributed by atoms with Gasteiger partial charge < -0.3 is 15.4 Å². The Morgan fingerprint density at radius 1 is 1.41 bits per heavy atom. The van der Waals surface area contributed by atoms with Crippen LogP contribution in [-0.2, 0) is 0 Å². The summed E-state index contributed by atoms with van der Waals surface area (Å²) in [7, 11) is 0. The molecule has 3 N–H and O–H groups in total. The summed E-state index contributed by atoms with van der Waals surface area (Å²) in [5.41, 5.74) is 5.39. The van der Waals surface area contributed by atoms with E-state index in [1.807, 2.05) is 24.3 Å². The molecule has 3 rings (SSSR count). The lowest BCUT2D eigenvalue weighted by atomic mass is 10.2. The number of aromatic amines is 1. The molecule has 0 aliphatic carbocycles. The van der Waals surface area contributed by atoms with Gasteiger partial charge in [-0.3, -0.25) is 9.78 Å². The number of benzene rings is 1. The van der Waals surface area contributed by atoms with E-state index in [4.69, 9.17) is 10.5 Å². The molecule has 0 unspecified atom stereocenters. The van der Waals surface area contributed by atoms with Gasteiger partial charge in [-0.05, 0) is 37.1 Å². The van der Waals surface area contributed by atoms with Crippen LogP contribution in [0.2, 0.25) is 0 Å². The number of hydrogen-bond acceptors (Lipinski definition) is 5. The minimum atomic E-state index is -0.234. The van der Waals surface area contributed by atoms with Gasteiger partial charge in [-0.1, -0.05) is 15.9 Å². The van der Waals surface area contributed by atoms with Crippen LogP contribution >= 0.6 is 15.9 Å². The molecular weight excluding hydrogens is 348 g/mol. The number of ether oxygens (including phenoxy) is 1. The predicted molar refractivity (Wildman–Crippen MR) is 89.3 cm³/mol. The van der Waals surface area contributed by atoms with Gasteiger partial charge in [0.05, 0.1) is 6.04 Å². The summed E-state index contributed by atoms with van der Waals surface area (Å²) in [6, 6.07) is 9.41. The van der Waals surface area contributed by atoms with Crippen molar-refractivity contribution in [2.75, 3.05) is 23.8 Å². The molecule has 0 spiro atoms. The van der Waals surface area contributed by atoms with Crippen molar-refractivity contribution in [1.82, 2.24) is 9.97 Å². The molecule has 0 saturated carbocycles. The van der Waals surface area contributed by atoms with Crippen LogP contribution in [-0.4, -0.2) is 29.2 Å². The number of anilines is 2. The Labute approximate surface area is 136 Å². The smallest absolute Gasteiger partial charge is 0.254 e. The topological polar surface area (TPSA) is 84.2 Å². The van der Waals surface area contributed by atoms with Crippen LogP contribution in [0.25, 0.3) is 0 Å². The first-order chi connectivity index (χ1) is 10.6. The fraction of sp³-hybridized carbons (Fsp3) is 0.333. The van der Waals surface area contributed by atoms with Crippen molar-refractivity contribution in [2.45, 2.75) is 18.9 Å². The first-order valence-corrected chi connectivity index (χ1v) is 7.93. The second-order valence-electron chi connectivity index (χ2n) is 5.24. The molecule has 1 atom stereocenters. The molecule has 0 amide bonds. The summed E-state index contributed by atoms with van der Waals surface area (Å²) in [4.78, 5) is 20.3. The number of nitrogens with two attached hydrogens (primary N) is 1. The van der Waals surface area contributed by atoms with Crippen LogP contribution in [0.5, 0.6) is 5.75 Å². The van der Waals surface area contributed by atoms with E-state index in [0.717, 1.165) is 29.6 Å². The van der Waals surface area contributed by atoms with Crippen molar-refractivity contribution in [3.63, 3.8) is 0 Å². The Bertz CT molecular complexity index is 701. The van der Waals surface area contributed by atoms with Gasteiger partial charge in [0.15, 0.2) is 0 Å². The van der Waals surface area contributed by atoms with E-state index in [2.05, 4.69) is 30.8 Å². The van der Waals surface area contributed by atoms with Crippen LogP contribution in [0.15, 0.2) is 39.6 Å². The van der Waals surface area contributed by atoms with Gasteiger partial charge in [-0.2, -0.15) is 4.98 Å². The Balaban J connectivity index is 1.70. The van der Waals surface area contributed by atoms with E-state index in [-0.39, 0.29) is 17.5 Å². The van der Waals surface area contributed by atoms with Gasteiger partial charge in [-0.15, -0.1) is 0 Å². The molecule has 1 aliphatic rings. The van der Waals surface area contributed by atoms with E-state index < -0.39 is 0 Å². The maximum atomic E-state index is 11.5. The SMILES string of the molecule is Nc1nc(N2CCC[C@H]2COc2ccc(Br)cc2)cc(=O)[nH]1. The Morgan fingerprint density at radius 2 is 2.18 bits per heavy atom. The van der Waals surface area contributed by atoms with Crippen molar-refractivity contribution in [1.29, 1.82) is 0 Å². The quantitative estimate of drug-likeness (QED) is 0.868. The number of nitrogens with one attached hydrogen (secondary N) is 1. The zero-order valence-electron chi connectivity index (χ0n) is 12.0. The first kappa shape index (κ1) is 14.9. The summed E-state index contributed by atoms with van der Waals surface area (Å²) in [6.45, 7) is 1.40. The summed E-state index contributed by atoms with van der Waals surface area (Å²) in [6.07, 6.45) is 2.05. The summed E-state index contributed by atoms with van der Waals surface area (Å²) in [5, 5.41) is 0. The van der Waals surface area contributed by atoms with Gasteiger partial charge in [0.2, 0.25) is 5.95 Å². The third-order valence-corrected chi connectivity index (χ3v) is 4.20. The van der Waals surface area contributed by atoms with Crippen molar-refractivity contribution in [3.05, 3.63) is 45.2 Å². The molecule has 2 heterocycles. The molecule has 0 radical (unpaired) electrons. The lowest BCUT2D eigenvalue weighted by Gasteiger charge is -2.25. The third kappa shape index (κ3) is 3.41.